The van der Waals surface area contributed by atoms with E-state index < -0.39 is 22.6 Å². The van der Waals surface area contributed by atoms with E-state index in [2.05, 4.69) is 16.8 Å². The predicted molar refractivity (Wildman–Crippen MR) is 100 cm³/mol. The Morgan fingerprint density at radius 1 is 1.26 bits per heavy atom. The van der Waals surface area contributed by atoms with Crippen molar-refractivity contribution >= 4 is 27.6 Å². The third-order valence-electron chi connectivity index (χ3n) is 3.46. The van der Waals surface area contributed by atoms with Crippen LogP contribution >= 0.6 is 11.6 Å². The van der Waals surface area contributed by atoms with Gasteiger partial charge in [-0.25, -0.2) is 17.5 Å². The van der Waals surface area contributed by atoms with Crippen LogP contribution in [0.4, 0.5) is 0 Å². The number of rotatable bonds is 5. The van der Waals surface area contributed by atoms with E-state index in [1.54, 1.807) is 13.0 Å². The second kappa shape index (κ2) is 8.39. The van der Waals surface area contributed by atoms with Crippen LogP contribution in [0.25, 0.3) is 0 Å². The van der Waals surface area contributed by atoms with Crippen LogP contribution in [-0.2, 0) is 14.8 Å². The number of pyridine rings is 1. The molecule has 0 radical (unpaired) electrons. The van der Waals surface area contributed by atoms with Crippen molar-refractivity contribution in [1.29, 1.82) is 0 Å². The highest BCUT2D eigenvalue weighted by molar-refractivity contribution is 7.89. The van der Waals surface area contributed by atoms with Crippen LogP contribution in [0.1, 0.15) is 16.8 Å². The summed E-state index contributed by atoms with van der Waals surface area (Å²) in [5.41, 5.74) is 1.35. The van der Waals surface area contributed by atoms with Gasteiger partial charge in [-0.05, 0) is 31.2 Å². The van der Waals surface area contributed by atoms with Gasteiger partial charge in [-0.15, -0.1) is 0 Å². The number of nitrogens with zero attached hydrogens (tertiary/aromatic N) is 2. The Balaban J connectivity index is 2.46. The monoisotopic (exact) mass is 408 g/mol. The van der Waals surface area contributed by atoms with E-state index in [0.717, 1.165) is 4.31 Å². The molecule has 0 unspecified atom stereocenters. The molecule has 0 amide bonds. The molecule has 7 nitrogen and oxygen atoms in total. The number of carboxylic acids is 1. The lowest BCUT2D eigenvalue weighted by Gasteiger charge is -2.11. The first-order chi connectivity index (χ1) is 12.6. The van der Waals surface area contributed by atoms with Crippen molar-refractivity contribution < 1.29 is 23.1 Å². The number of carbonyl (C=O) groups is 1. The van der Waals surface area contributed by atoms with Crippen LogP contribution in [0.2, 0.25) is 5.02 Å². The molecular formula is C18H17ClN2O5S. The van der Waals surface area contributed by atoms with Gasteiger partial charge in [-0.3, -0.25) is 4.98 Å². The molecule has 0 saturated carbocycles. The van der Waals surface area contributed by atoms with Crippen LogP contribution in [0.15, 0.2) is 35.4 Å². The summed E-state index contributed by atoms with van der Waals surface area (Å²) in [7, 11) is -0.782. The van der Waals surface area contributed by atoms with Crippen molar-refractivity contribution in [2.24, 2.45) is 0 Å². The third-order valence-corrected chi connectivity index (χ3v) is 5.48. The Labute approximate surface area is 162 Å². The van der Waals surface area contributed by atoms with E-state index in [4.69, 9.17) is 21.4 Å². The summed E-state index contributed by atoms with van der Waals surface area (Å²) in [6.45, 7) is 1.18. The highest BCUT2D eigenvalue weighted by Gasteiger charge is 2.18. The second-order valence-electron chi connectivity index (χ2n) is 5.66. The summed E-state index contributed by atoms with van der Waals surface area (Å²) >= 11 is 5.98. The van der Waals surface area contributed by atoms with Crippen molar-refractivity contribution in [3.05, 3.63) is 52.3 Å². The minimum Gasteiger partial charge on any atom is -0.481 e. The maximum atomic E-state index is 12.3. The molecule has 0 aliphatic heterocycles. The minimum atomic E-state index is -3.64. The van der Waals surface area contributed by atoms with Gasteiger partial charge in [-0.1, -0.05) is 23.4 Å². The molecule has 1 aromatic heterocycles. The van der Waals surface area contributed by atoms with Gasteiger partial charge in [0.2, 0.25) is 10.0 Å². The number of halogens is 1. The maximum Gasteiger partial charge on any atom is 0.341 e. The quantitative estimate of drug-likeness (QED) is 0.761. The van der Waals surface area contributed by atoms with Gasteiger partial charge in [0.05, 0.1) is 11.3 Å². The second-order valence-corrected chi connectivity index (χ2v) is 8.25. The molecule has 0 fully saturated rings. The highest BCUT2D eigenvalue weighted by Crippen LogP contribution is 2.22. The Kier molecular flexibility index (Phi) is 6.44. The van der Waals surface area contributed by atoms with Crippen LogP contribution in [0.3, 0.4) is 0 Å². The number of aliphatic carboxylic acids is 1. The molecule has 27 heavy (non-hydrogen) atoms. The molecule has 0 atom stereocenters. The van der Waals surface area contributed by atoms with Crippen LogP contribution in [0, 0.1) is 18.8 Å². The Morgan fingerprint density at radius 2 is 1.93 bits per heavy atom. The summed E-state index contributed by atoms with van der Waals surface area (Å²) < 4.78 is 30.8. The number of aromatic nitrogens is 1. The van der Waals surface area contributed by atoms with E-state index in [0.29, 0.717) is 21.8 Å². The molecule has 2 rings (SSSR count). The topological polar surface area (TPSA) is 96.8 Å². The lowest BCUT2D eigenvalue weighted by molar-refractivity contribution is -0.139. The fourth-order valence-corrected chi connectivity index (χ4v) is 3.04. The largest absolute Gasteiger partial charge is 0.481 e. The number of carboxylic acid groups (broad SMARTS) is 1. The molecule has 0 aliphatic carbocycles. The summed E-state index contributed by atoms with van der Waals surface area (Å²) in [4.78, 5) is 14.8. The van der Waals surface area contributed by atoms with E-state index >= 15 is 0 Å². The number of hydrogen-bond donors (Lipinski definition) is 1. The SMILES string of the molecule is Cc1ncc(S(=O)(=O)N(C)C)cc1C#Cc1cc(Cl)ccc1OCC(=O)O. The summed E-state index contributed by atoms with van der Waals surface area (Å²) in [6, 6.07) is 6.05. The predicted octanol–water partition coefficient (Wildman–Crippen LogP) is 2.16. The first kappa shape index (κ1) is 20.7. The molecule has 0 spiro atoms. The van der Waals surface area contributed by atoms with E-state index in [1.165, 1.54) is 38.5 Å². The van der Waals surface area contributed by atoms with Gasteiger partial charge in [0.1, 0.15) is 10.6 Å². The fraction of sp³-hybridized carbons (Fsp3) is 0.222. The van der Waals surface area contributed by atoms with Gasteiger partial charge >= 0.3 is 5.97 Å². The zero-order valence-electron chi connectivity index (χ0n) is 14.9. The molecule has 1 N–H and O–H groups in total. The molecule has 0 saturated heterocycles. The first-order valence-electron chi connectivity index (χ1n) is 7.66. The average molecular weight is 409 g/mol. The molecular weight excluding hydrogens is 392 g/mol. The molecule has 0 bridgehead atoms. The van der Waals surface area contributed by atoms with Gasteiger partial charge in [-0.2, -0.15) is 0 Å². The lowest BCUT2D eigenvalue weighted by Crippen LogP contribution is -2.22. The van der Waals surface area contributed by atoms with Gasteiger partial charge < -0.3 is 9.84 Å². The van der Waals surface area contributed by atoms with Crippen LogP contribution in [0.5, 0.6) is 5.75 Å². The van der Waals surface area contributed by atoms with Crippen molar-refractivity contribution in [3.8, 4) is 17.6 Å². The Morgan fingerprint density at radius 3 is 2.56 bits per heavy atom. The molecule has 142 valence electrons. The number of sulfonamides is 1. The standard InChI is InChI=1S/C18H17ClN2O5S/c1-12-13(9-16(10-20-12)27(24,25)21(2)3)4-5-14-8-15(19)6-7-17(14)26-11-18(22)23/h6-10H,11H2,1-3H3,(H,22,23). The highest BCUT2D eigenvalue weighted by atomic mass is 35.5. The molecule has 1 aromatic carbocycles. The van der Waals surface area contributed by atoms with Gasteiger partial charge in [0.25, 0.3) is 0 Å². The van der Waals surface area contributed by atoms with Crippen molar-refractivity contribution in [1.82, 2.24) is 9.29 Å². The minimum absolute atomic E-state index is 0.0239. The van der Waals surface area contributed by atoms with Gasteiger partial charge in [0, 0.05) is 30.9 Å². The molecule has 0 aliphatic rings. The zero-order chi connectivity index (χ0) is 20.2. The first-order valence-corrected chi connectivity index (χ1v) is 9.48. The maximum absolute atomic E-state index is 12.3. The molecule has 2 aromatic rings. The Hall–Kier alpha value is -2.60. The number of aryl methyl sites for hydroxylation is 1. The zero-order valence-corrected chi connectivity index (χ0v) is 16.4. The van der Waals surface area contributed by atoms with Crippen LogP contribution < -0.4 is 4.74 Å². The van der Waals surface area contributed by atoms with Crippen molar-refractivity contribution in [3.63, 3.8) is 0 Å². The van der Waals surface area contributed by atoms with Crippen LogP contribution in [-0.4, -0.2) is 49.5 Å². The average Bonchev–Trinajstić information content (AvgIpc) is 2.59. The van der Waals surface area contributed by atoms with Crippen molar-refractivity contribution in [2.75, 3.05) is 20.7 Å². The molecule has 9 heteroatoms. The molecule has 1 heterocycles. The number of ether oxygens (including phenoxy) is 1. The summed E-state index contributed by atoms with van der Waals surface area (Å²) in [5.74, 6) is 4.84. The number of benzene rings is 1. The van der Waals surface area contributed by atoms with E-state index in [-0.39, 0.29) is 10.6 Å². The van der Waals surface area contributed by atoms with E-state index in [9.17, 15) is 13.2 Å². The Bertz CT molecular complexity index is 1040. The summed E-state index contributed by atoms with van der Waals surface area (Å²) in [6.07, 6.45) is 1.27. The number of hydrogen-bond acceptors (Lipinski definition) is 5. The fourth-order valence-electron chi connectivity index (χ4n) is 1.99. The third kappa shape index (κ3) is 5.20. The van der Waals surface area contributed by atoms with Crippen molar-refractivity contribution in [2.45, 2.75) is 11.8 Å². The normalized spacial score (nSPS) is 11.0. The lowest BCUT2D eigenvalue weighted by atomic mass is 10.1. The van der Waals surface area contributed by atoms with E-state index in [1.807, 2.05) is 0 Å². The van der Waals surface area contributed by atoms with Gasteiger partial charge in [0.15, 0.2) is 6.61 Å². The smallest absolute Gasteiger partial charge is 0.341 e. The summed E-state index contributed by atoms with van der Waals surface area (Å²) in [5, 5.41) is 9.16.